The Morgan fingerprint density at radius 1 is 0.957 bits per heavy atom. The average molecular weight is 733 g/mol. The summed E-state index contributed by atoms with van der Waals surface area (Å²) in [4.78, 5) is 19.6. The molecule has 0 spiro atoms. The molecular weight excluding hydrogens is 701 g/mol. The summed E-state index contributed by atoms with van der Waals surface area (Å²) in [5.74, 6) is 0.564. The molecule has 0 fully saturated rings. The summed E-state index contributed by atoms with van der Waals surface area (Å²) in [6.07, 6.45) is -0.133. The predicted molar refractivity (Wildman–Crippen MR) is 190 cm³/mol. The average Bonchev–Trinajstić information content (AvgIpc) is 3.46. The molecule has 0 aliphatic carbocycles. The first-order chi connectivity index (χ1) is 22.9. The van der Waals surface area contributed by atoms with Crippen molar-refractivity contribution in [3.8, 4) is 5.75 Å². The fourth-order valence-corrected chi connectivity index (χ4v) is 6.43. The van der Waals surface area contributed by atoms with Gasteiger partial charge in [0.1, 0.15) is 5.75 Å². The lowest BCUT2D eigenvalue weighted by Crippen LogP contribution is -2.53. The number of hydrogen-bond acceptors (Lipinski definition) is 6. The minimum Gasteiger partial charge on any atom is -0.494 e. The number of rotatable bonds is 12. The molecule has 0 saturated carbocycles. The van der Waals surface area contributed by atoms with E-state index in [0.29, 0.717) is 52.4 Å². The van der Waals surface area contributed by atoms with Gasteiger partial charge < -0.3 is 14.6 Å². The molecule has 240 valence electrons. The lowest BCUT2D eigenvalue weighted by molar-refractivity contribution is -0.130. The number of aliphatic hydroxyl groups is 1. The Balaban J connectivity index is 1.37. The maximum Gasteiger partial charge on any atom is 0.266 e. The van der Waals surface area contributed by atoms with Crippen molar-refractivity contribution in [1.29, 1.82) is 0 Å². The van der Waals surface area contributed by atoms with E-state index in [1.165, 1.54) is 0 Å². The van der Waals surface area contributed by atoms with Crippen molar-refractivity contribution >= 4 is 61.7 Å². The first kappa shape index (κ1) is 33.0. The molecule has 7 nitrogen and oxygen atoms in total. The number of nitrogens with one attached hydrogen (secondary N) is 2. The quantitative estimate of drug-likeness (QED) is 0.0894. The highest BCUT2D eigenvalue weighted by atomic mass is 79.9. The largest absolute Gasteiger partial charge is 0.494 e. The standard InChI is InChI=1S/C37H32BrCl2N3O4/c38-28-13-9-24(10-14-28)22-37(36(45)43-41-23-27-7-3-6-25-5-1-2-8-31(25)27)34(32-18-15-29(39)21-33(32)40)47-35(42-37)26-11-16-30(17-12-26)46-20-4-19-44/h1-3,5-18,21,34,41,44H,4,19-20,22-23H2,(H,43,45)/t34-,37-/m0/s1. The number of nitrogens with zero attached hydrogens (tertiary/aromatic N) is 1. The number of fused-ring (bicyclic) bond motifs is 1. The second kappa shape index (κ2) is 14.9. The Bertz CT molecular complexity index is 1900. The molecule has 0 unspecified atom stereocenters. The van der Waals surface area contributed by atoms with Gasteiger partial charge in [-0.05, 0) is 70.4 Å². The summed E-state index contributed by atoms with van der Waals surface area (Å²) < 4.78 is 13.2. The molecule has 2 atom stereocenters. The molecule has 0 saturated heterocycles. The van der Waals surface area contributed by atoms with Crippen molar-refractivity contribution in [2.24, 2.45) is 4.99 Å². The van der Waals surface area contributed by atoms with Crippen LogP contribution in [-0.2, 0) is 22.5 Å². The van der Waals surface area contributed by atoms with E-state index in [1.807, 2.05) is 72.8 Å². The van der Waals surface area contributed by atoms with Crippen LogP contribution in [0.2, 0.25) is 10.0 Å². The van der Waals surface area contributed by atoms with Gasteiger partial charge in [-0.1, -0.05) is 99.8 Å². The molecule has 0 aromatic heterocycles. The summed E-state index contributed by atoms with van der Waals surface area (Å²) in [6.45, 7) is 0.840. The van der Waals surface area contributed by atoms with Gasteiger partial charge in [0.2, 0.25) is 5.90 Å². The molecule has 1 aliphatic rings. The number of hydrogen-bond donors (Lipinski definition) is 3. The van der Waals surface area contributed by atoms with Gasteiger partial charge in [0.15, 0.2) is 11.6 Å². The molecule has 1 aliphatic heterocycles. The third kappa shape index (κ3) is 7.48. The Morgan fingerprint density at radius 3 is 2.49 bits per heavy atom. The Hall–Kier alpha value is -3.92. The minimum absolute atomic E-state index is 0.0523. The maximum absolute atomic E-state index is 14.6. The second-order valence-corrected chi connectivity index (χ2v) is 13.0. The zero-order valence-corrected chi connectivity index (χ0v) is 28.4. The molecule has 0 bridgehead atoms. The van der Waals surface area contributed by atoms with Gasteiger partial charge in [-0.25, -0.2) is 10.4 Å². The lowest BCUT2D eigenvalue weighted by Gasteiger charge is -2.31. The normalized spacial score (nSPS) is 17.3. The van der Waals surface area contributed by atoms with Gasteiger partial charge in [0.25, 0.3) is 5.91 Å². The van der Waals surface area contributed by atoms with E-state index in [4.69, 9.17) is 42.8 Å². The highest BCUT2D eigenvalue weighted by Gasteiger charge is 2.54. The molecule has 47 heavy (non-hydrogen) atoms. The summed E-state index contributed by atoms with van der Waals surface area (Å²) in [5.41, 5.74) is 7.83. The second-order valence-electron chi connectivity index (χ2n) is 11.2. The number of benzene rings is 5. The number of carbonyl (C=O) groups is 1. The third-order valence-electron chi connectivity index (χ3n) is 8.02. The van der Waals surface area contributed by atoms with Crippen LogP contribution in [0.5, 0.6) is 5.75 Å². The van der Waals surface area contributed by atoms with Gasteiger partial charge in [-0.3, -0.25) is 10.2 Å². The predicted octanol–water partition coefficient (Wildman–Crippen LogP) is 7.99. The van der Waals surface area contributed by atoms with Crippen LogP contribution in [0.15, 0.2) is 119 Å². The summed E-state index contributed by atoms with van der Waals surface area (Å²) >= 11 is 16.6. The molecule has 1 heterocycles. The van der Waals surface area contributed by atoms with Crippen LogP contribution in [0.25, 0.3) is 10.8 Å². The highest BCUT2D eigenvalue weighted by Crippen LogP contribution is 2.45. The molecule has 6 rings (SSSR count). The van der Waals surface area contributed by atoms with E-state index in [0.717, 1.165) is 26.4 Å². The lowest BCUT2D eigenvalue weighted by atomic mass is 9.82. The van der Waals surface area contributed by atoms with Gasteiger partial charge >= 0.3 is 0 Å². The van der Waals surface area contributed by atoms with Crippen LogP contribution >= 0.6 is 39.1 Å². The van der Waals surface area contributed by atoms with E-state index >= 15 is 0 Å². The summed E-state index contributed by atoms with van der Waals surface area (Å²) in [5, 5.41) is 12.1. The number of aliphatic hydroxyl groups excluding tert-OH is 1. The fourth-order valence-electron chi connectivity index (χ4n) is 5.66. The van der Waals surface area contributed by atoms with Gasteiger partial charge in [0, 0.05) is 51.6 Å². The van der Waals surface area contributed by atoms with Crippen molar-refractivity contribution in [2.45, 2.75) is 31.0 Å². The van der Waals surface area contributed by atoms with Crippen molar-refractivity contribution in [2.75, 3.05) is 13.2 Å². The van der Waals surface area contributed by atoms with Gasteiger partial charge in [-0.2, -0.15) is 0 Å². The Kier molecular flexibility index (Phi) is 10.4. The molecule has 10 heteroatoms. The molecule has 1 amide bonds. The zero-order chi connectivity index (χ0) is 32.8. The Labute approximate surface area is 291 Å². The van der Waals surface area contributed by atoms with Crippen molar-refractivity contribution < 1.29 is 19.4 Å². The van der Waals surface area contributed by atoms with E-state index in [-0.39, 0.29) is 18.9 Å². The number of amides is 1. The molecule has 5 aromatic carbocycles. The SMILES string of the molecule is O=C(NNCc1cccc2ccccc12)[C@@]1(Cc2ccc(Br)cc2)N=C(c2ccc(OCCCO)cc2)O[C@H]1c1ccc(Cl)cc1Cl. The van der Waals surface area contributed by atoms with Gasteiger partial charge in [-0.15, -0.1) is 0 Å². The van der Waals surface area contributed by atoms with E-state index in [9.17, 15) is 4.79 Å². The summed E-state index contributed by atoms with van der Waals surface area (Å²) in [6, 6.07) is 34.4. The highest BCUT2D eigenvalue weighted by molar-refractivity contribution is 9.10. The molecular formula is C37H32BrCl2N3O4. The van der Waals surface area contributed by atoms with Crippen LogP contribution in [0.4, 0.5) is 0 Å². The van der Waals surface area contributed by atoms with E-state index in [2.05, 4.69) is 45.0 Å². The van der Waals surface area contributed by atoms with Gasteiger partial charge in [0.05, 0.1) is 6.61 Å². The monoisotopic (exact) mass is 731 g/mol. The molecule has 3 N–H and O–H groups in total. The number of ether oxygens (including phenoxy) is 2. The van der Waals surface area contributed by atoms with Crippen LogP contribution in [-0.4, -0.2) is 35.7 Å². The van der Waals surface area contributed by atoms with Crippen LogP contribution in [0.3, 0.4) is 0 Å². The number of aliphatic imine (C=N–C) groups is 1. The van der Waals surface area contributed by atoms with Crippen molar-refractivity contribution in [3.63, 3.8) is 0 Å². The topological polar surface area (TPSA) is 92.2 Å². The first-order valence-electron chi connectivity index (χ1n) is 15.2. The third-order valence-corrected chi connectivity index (χ3v) is 9.11. The molecule has 0 radical (unpaired) electrons. The Morgan fingerprint density at radius 2 is 1.72 bits per heavy atom. The smallest absolute Gasteiger partial charge is 0.266 e. The van der Waals surface area contributed by atoms with Crippen LogP contribution in [0.1, 0.15) is 34.8 Å². The number of halogens is 3. The fraction of sp³-hybridized carbons (Fsp3) is 0.189. The molecule has 5 aromatic rings. The number of hydrazine groups is 1. The van der Waals surface area contributed by atoms with Crippen molar-refractivity contribution in [3.05, 3.63) is 146 Å². The van der Waals surface area contributed by atoms with E-state index in [1.54, 1.807) is 18.2 Å². The minimum atomic E-state index is -1.46. The number of carbonyl (C=O) groups excluding carboxylic acids is 1. The zero-order valence-electron chi connectivity index (χ0n) is 25.3. The first-order valence-corrected chi connectivity index (χ1v) is 16.7. The maximum atomic E-state index is 14.6. The van der Waals surface area contributed by atoms with Crippen LogP contribution < -0.4 is 15.6 Å². The van der Waals surface area contributed by atoms with E-state index < -0.39 is 11.6 Å². The summed E-state index contributed by atoms with van der Waals surface area (Å²) in [7, 11) is 0. The van der Waals surface area contributed by atoms with Crippen LogP contribution in [0, 0.1) is 0 Å². The van der Waals surface area contributed by atoms with Crippen molar-refractivity contribution in [1.82, 2.24) is 10.9 Å².